The van der Waals surface area contributed by atoms with Crippen LogP contribution in [0.5, 0.6) is 0 Å². The highest BCUT2D eigenvalue weighted by Gasteiger charge is 2.58. The second-order valence-corrected chi connectivity index (χ2v) is 9.97. The van der Waals surface area contributed by atoms with Crippen LogP contribution < -0.4 is 0 Å². The van der Waals surface area contributed by atoms with Crippen LogP contribution in [0.4, 0.5) is 0 Å². The highest BCUT2D eigenvalue weighted by Crippen LogP contribution is 2.66. The predicted octanol–water partition coefficient (Wildman–Crippen LogP) is 5.25. The van der Waals surface area contributed by atoms with Gasteiger partial charge in [-0.2, -0.15) is 11.8 Å². The maximum Gasteiger partial charge on any atom is 0.155 e. The summed E-state index contributed by atoms with van der Waals surface area (Å²) in [5.74, 6) is 3.06. The van der Waals surface area contributed by atoms with Crippen LogP contribution in [-0.2, 0) is 4.79 Å². The van der Waals surface area contributed by atoms with Crippen LogP contribution in [0.3, 0.4) is 0 Å². The standard InChI is InChI=1S/C20H30OS/c1-19-9-7-16-15(18(19)17(22-3)8-10-19)5-4-13-12-14(21)6-11-20(13,16)2/h12,15-18H,4-11H2,1-3H3/t15-,16+,17?,18-,19-,20+/m1/s1. The van der Waals surface area contributed by atoms with Crippen LogP contribution >= 0.6 is 11.8 Å². The summed E-state index contributed by atoms with van der Waals surface area (Å²) in [6.07, 6.45) is 14.5. The van der Waals surface area contributed by atoms with Crippen molar-refractivity contribution in [3.8, 4) is 0 Å². The van der Waals surface area contributed by atoms with E-state index in [1.54, 1.807) is 0 Å². The fourth-order valence-electron chi connectivity index (χ4n) is 6.82. The average molecular weight is 319 g/mol. The molecule has 0 radical (unpaired) electrons. The first-order valence-corrected chi connectivity index (χ1v) is 10.5. The third-order valence-electron chi connectivity index (χ3n) is 8.04. The van der Waals surface area contributed by atoms with Crippen molar-refractivity contribution >= 4 is 17.5 Å². The number of ketones is 1. The largest absolute Gasteiger partial charge is 0.295 e. The Labute approximate surface area is 139 Å². The van der Waals surface area contributed by atoms with Crippen molar-refractivity contribution in [2.24, 2.45) is 28.6 Å². The number of carbonyl (C=O) groups is 1. The van der Waals surface area contributed by atoms with Gasteiger partial charge in [0.2, 0.25) is 0 Å². The maximum atomic E-state index is 11.9. The van der Waals surface area contributed by atoms with E-state index in [9.17, 15) is 4.79 Å². The minimum absolute atomic E-state index is 0.337. The van der Waals surface area contributed by atoms with Crippen molar-refractivity contribution in [3.63, 3.8) is 0 Å². The summed E-state index contributed by atoms with van der Waals surface area (Å²) in [7, 11) is 0. The van der Waals surface area contributed by atoms with Crippen LogP contribution in [0.2, 0.25) is 0 Å². The minimum Gasteiger partial charge on any atom is -0.295 e. The first-order valence-electron chi connectivity index (χ1n) is 9.25. The van der Waals surface area contributed by atoms with Crippen molar-refractivity contribution in [1.82, 2.24) is 0 Å². The van der Waals surface area contributed by atoms with Gasteiger partial charge in [0.25, 0.3) is 0 Å². The molecule has 4 rings (SSSR count). The molecule has 3 fully saturated rings. The fraction of sp³-hybridized carbons (Fsp3) is 0.850. The molecule has 122 valence electrons. The lowest BCUT2D eigenvalue weighted by atomic mass is 9.47. The van der Waals surface area contributed by atoms with Crippen LogP contribution in [0, 0.1) is 28.6 Å². The SMILES string of the molecule is CSC1CC[C@@]2(C)CC[C@H]3[C@@H](CCC4=CC(=O)CC[C@@]43C)[C@H]12. The van der Waals surface area contributed by atoms with Gasteiger partial charge in [-0.05, 0) is 85.9 Å². The lowest BCUT2D eigenvalue weighted by molar-refractivity contribution is -0.117. The number of rotatable bonds is 1. The molecule has 0 bridgehead atoms. The Morgan fingerprint density at radius 2 is 1.86 bits per heavy atom. The zero-order valence-corrected chi connectivity index (χ0v) is 15.2. The maximum absolute atomic E-state index is 11.9. The smallest absolute Gasteiger partial charge is 0.155 e. The first-order chi connectivity index (χ1) is 10.5. The summed E-state index contributed by atoms with van der Waals surface area (Å²) in [6.45, 7) is 5.08. The van der Waals surface area contributed by atoms with E-state index in [4.69, 9.17) is 0 Å². The Morgan fingerprint density at radius 1 is 1.09 bits per heavy atom. The summed E-state index contributed by atoms with van der Waals surface area (Å²) in [6, 6.07) is 0. The molecular formula is C20H30OS. The predicted molar refractivity (Wildman–Crippen MR) is 94.0 cm³/mol. The molecule has 0 spiro atoms. The third kappa shape index (κ3) is 2.01. The summed E-state index contributed by atoms with van der Waals surface area (Å²) in [4.78, 5) is 11.9. The summed E-state index contributed by atoms with van der Waals surface area (Å²) in [5.41, 5.74) is 2.45. The Bertz CT molecular complexity index is 524. The molecule has 0 N–H and O–H groups in total. The van der Waals surface area contributed by atoms with E-state index in [0.717, 1.165) is 35.8 Å². The van der Waals surface area contributed by atoms with Gasteiger partial charge in [0.15, 0.2) is 5.78 Å². The van der Waals surface area contributed by atoms with E-state index in [2.05, 4.69) is 31.9 Å². The van der Waals surface area contributed by atoms with E-state index < -0.39 is 0 Å². The molecule has 0 aromatic heterocycles. The number of hydrogen-bond acceptors (Lipinski definition) is 2. The Kier molecular flexibility index (Phi) is 3.57. The van der Waals surface area contributed by atoms with Gasteiger partial charge >= 0.3 is 0 Å². The Hall–Kier alpha value is -0.240. The molecule has 0 aliphatic heterocycles. The summed E-state index contributed by atoms with van der Waals surface area (Å²) in [5, 5.41) is 0.886. The monoisotopic (exact) mass is 318 g/mol. The number of thioether (sulfide) groups is 1. The van der Waals surface area contributed by atoms with Gasteiger partial charge in [0.05, 0.1) is 0 Å². The van der Waals surface area contributed by atoms with Gasteiger partial charge in [-0.25, -0.2) is 0 Å². The molecule has 4 aliphatic rings. The number of hydrogen-bond donors (Lipinski definition) is 0. The molecule has 0 saturated heterocycles. The normalized spacial score (nSPS) is 50.9. The third-order valence-corrected chi connectivity index (χ3v) is 9.17. The zero-order chi connectivity index (χ0) is 15.5. The van der Waals surface area contributed by atoms with E-state index in [-0.39, 0.29) is 0 Å². The highest BCUT2D eigenvalue weighted by molar-refractivity contribution is 7.99. The molecule has 0 amide bonds. The number of fused-ring (bicyclic) bond motifs is 5. The second kappa shape index (κ2) is 5.13. The average Bonchev–Trinajstić information content (AvgIpc) is 2.85. The fourth-order valence-corrected chi connectivity index (χ4v) is 7.99. The van der Waals surface area contributed by atoms with Crippen molar-refractivity contribution < 1.29 is 4.79 Å². The van der Waals surface area contributed by atoms with Gasteiger partial charge in [0.1, 0.15) is 0 Å². The van der Waals surface area contributed by atoms with E-state index in [1.165, 1.54) is 44.1 Å². The molecule has 22 heavy (non-hydrogen) atoms. The summed E-state index contributed by atoms with van der Waals surface area (Å²) >= 11 is 2.13. The zero-order valence-electron chi connectivity index (χ0n) is 14.4. The van der Waals surface area contributed by atoms with Gasteiger partial charge in [-0.15, -0.1) is 0 Å². The highest BCUT2D eigenvalue weighted by atomic mass is 32.2. The Balaban J connectivity index is 1.70. The molecule has 4 aliphatic carbocycles. The lowest BCUT2D eigenvalue weighted by Gasteiger charge is -2.58. The quantitative estimate of drug-likeness (QED) is 0.657. The van der Waals surface area contributed by atoms with Crippen LogP contribution in [-0.4, -0.2) is 17.3 Å². The van der Waals surface area contributed by atoms with Gasteiger partial charge in [-0.1, -0.05) is 19.4 Å². The number of carbonyl (C=O) groups excluding carboxylic acids is 1. The molecule has 1 nitrogen and oxygen atoms in total. The second-order valence-electron chi connectivity index (χ2n) is 8.89. The Morgan fingerprint density at radius 3 is 2.64 bits per heavy atom. The molecule has 3 saturated carbocycles. The van der Waals surface area contributed by atoms with Crippen molar-refractivity contribution in [2.45, 2.75) is 70.5 Å². The summed E-state index contributed by atoms with van der Waals surface area (Å²) < 4.78 is 0. The van der Waals surface area contributed by atoms with E-state index in [0.29, 0.717) is 16.6 Å². The van der Waals surface area contributed by atoms with E-state index >= 15 is 0 Å². The van der Waals surface area contributed by atoms with Gasteiger partial charge in [-0.3, -0.25) is 4.79 Å². The van der Waals surface area contributed by atoms with Gasteiger partial charge < -0.3 is 0 Å². The van der Waals surface area contributed by atoms with Crippen molar-refractivity contribution in [3.05, 3.63) is 11.6 Å². The first kappa shape index (κ1) is 15.3. The molecule has 0 aromatic rings. The molecular weight excluding hydrogens is 288 g/mol. The van der Waals surface area contributed by atoms with Crippen LogP contribution in [0.25, 0.3) is 0 Å². The minimum atomic E-state index is 0.337. The van der Waals surface area contributed by atoms with Crippen LogP contribution in [0.1, 0.15) is 65.2 Å². The molecule has 0 aromatic carbocycles. The van der Waals surface area contributed by atoms with Crippen LogP contribution in [0.15, 0.2) is 11.6 Å². The molecule has 0 heterocycles. The number of allylic oxidation sites excluding steroid dienone is 1. The molecule has 1 unspecified atom stereocenters. The van der Waals surface area contributed by atoms with Crippen molar-refractivity contribution in [1.29, 1.82) is 0 Å². The topological polar surface area (TPSA) is 17.1 Å². The van der Waals surface area contributed by atoms with Gasteiger partial charge in [0, 0.05) is 11.7 Å². The van der Waals surface area contributed by atoms with E-state index in [1.807, 2.05) is 6.08 Å². The van der Waals surface area contributed by atoms with Crippen molar-refractivity contribution in [2.75, 3.05) is 6.26 Å². The molecule has 6 atom stereocenters. The lowest BCUT2D eigenvalue weighted by Crippen LogP contribution is -2.51. The molecule has 2 heteroatoms.